The first-order valence-corrected chi connectivity index (χ1v) is 12.0. The number of benzene rings is 2. The normalized spacial score (nSPS) is 19.4. The van der Waals surface area contributed by atoms with Crippen LogP contribution >= 0.6 is 0 Å². The van der Waals surface area contributed by atoms with Crippen molar-refractivity contribution in [1.82, 2.24) is 15.1 Å². The smallest absolute Gasteiger partial charge is 0.266 e. The number of hydrogen-bond acceptors (Lipinski definition) is 6. The lowest BCUT2D eigenvalue weighted by molar-refractivity contribution is -0.150. The van der Waals surface area contributed by atoms with Crippen LogP contribution in [0.25, 0.3) is 10.9 Å². The fourth-order valence-electron chi connectivity index (χ4n) is 4.90. The van der Waals surface area contributed by atoms with Gasteiger partial charge in [-0.2, -0.15) is 10.2 Å². The minimum Gasteiger partial charge on any atom is -0.380 e. The Kier molecular flexibility index (Phi) is 6.70. The highest BCUT2D eigenvalue weighted by atomic mass is 19.3. The van der Waals surface area contributed by atoms with Crippen molar-refractivity contribution < 1.29 is 22.7 Å². The van der Waals surface area contributed by atoms with Crippen molar-refractivity contribution in [3.8, 4) is 0 Å². The molecule has 5 rings (SSSR count). The SMILES string of the molecule is C[C@@H](Nc1cnnc2ccc(N3CCN(C(=O)C4COC4)C[C@@H]3C)cc12)c1cccc(C(F)F)c1F. The van der Waals surface area contributed by atoms with Crippen LogP contribution < -0.4 is 10.2 Å². The summed E-state index contributed by atoms with van der Waals surface area (Å²) < 4.78 is 46.2. The number of alkyl halides is 2. The van der Waals surface area contributed by atoms with E-state index >= 15 is 0 Å². The maximum absolute atomic E-state index is 14.7. The van der Waals surface area contributed by atoms with Crippen LogP contribution in [0.3, 0.4) is 0 Å². The van der Waals surface area contributed by atoms with E-state index in [2.05, 4.69) is 27.3 Å². The Labute approximate surface area is 207 Å². The number of nitrogens with one attached hydrogen (secondary N) is 1. The molecule has 0 radical (unpaired) electrons. The number of amides is 1. The third kappa shape index (κ3) is 4.57. The van der Waals surface area contributed by atoms with Crippen LogP contribution in [0.5, 0.6) is 0 Å². The van der Waals surface area contributed by atoms with Gasteiger partial charge < -0.3 is 19.9 Å². The zero-order chi connectivity index (χ0) is 25.4. The lowest BCUT2D eigenvalue weighted by Gasteiger charge is -2.43. The van der Waals surface area contributed by atoms with E-state index in [1.807, 2.05) is 23.1 Å². The Morgan fingerprint density at radius 2 is 1.94 bits per heavy atom. The number of ether oxygens (including phenoxy) is 1. The van der Waals surface area contributed by atoms with Crippen molar-refractivity contribution in [2.75, 3.05) is 43.1 Å². The summed E-state index contributed by atoms with van der Waals surface area (Å²) in [6, 6.07) is 9.41. The highest BCUT2D eigenvalue weighted by molar-refractivity contribution is 5.93. The van der Waals surface area contributed by atoms with E-state index in [9.17, 15) is 18.0 Å². The second-order valence-corrected chi connectivity index (χ2v) is 9.44. The molecular weight excluding hydrogens is 471 g/mol. The van der Waals surface area contributed by atoms with Gasteiger partial charge in [-0.05, 0) is 32.0 Å². The molecule has 3 aromatic rings. The van der Waals surface area contributed by atoms with Gasteiger partial charge in [-0.1, -0.05) is 18.2 Å². The summed E-state index contributed by atoms with van der Waals surface area (Å²) in [4.78, 5) is 16.8. The standard InChI is InChI=1S/C26H28F3N5O2/c1-15-12-33(26(35)17-13-36-14-17)8-9-34(15)18-6-7-22-21(10-18)23(11-30-32-22)31-16(2)19-4-3-5-20(24(19)27)25(28)29/h3-7,10-11,15-17,25H,8-9,12-14H2,1-2H3,(H,31,32)/t15-,16+/m0/s1. The summed E-state index contributed by atoms with van der Waals surface area (Å²) in [6.07, 6.45) is -1.33. The van der Waals surface area contributed by atoms with Gasteiger partial charge in [0.05, 0.1) is 48.1 Å². The third-order valence-electron chi connectivity index (χ3n) is 7.01. The minimum absolute atomic E-state index is 0.0233. The van der Waals surface area contributed by atoms with E-state index in [0.29, 0.717) is 44.1 Å². The first-order chi connectivity index (χ1) is 17.3. The number of nitrogens with zero attached hydrogens (tertiary/aromatic N) is 4. The van der Waals surface area contributed by atoms with Crippen molar-refractivity contribution in [1.29, 1.82) is 0 Å². The number of anilines is 2. The molecule has 2 saturated heterocycles. The predicted octanol–water partition coefficient (Wildman–Crippen LogP) is 4.56. The number of hydrogen-bond donors (Lipinski definition) is 1. The van der Waals surface area contributed by atoms with Gasteiger partial charge in [0.1, 0.15) is 5.82 Å². The number of aromatic nitrogens is 2. The van der Waals surface area contributed by atoms with Gasteiger partial charge in [0, 0.05) is 42.3 Å². The summed E-state index contributed by atoms with van der Waals surface area (Å²) in [5.74, 6) is -0.774. The molecule has 2 aliphatic rings. The lowest BCUT2D eigenvalue weighted by atomic mass is 10.0. The van der Waals surface area contributed by atoms with Gasteiger partial charge in [-0.25, -0.2) is 13.2 Å². The Hall–Kier alpha value is -3.40. The molecule has 1 aromatic heterocycles. The first kappa shape index (κ1) is 24.3. The van der Waals surface area contributed by atoms with Crippen molar-refractivity contribution >= 4 is 28.2 Å². The molecule has 2 fully saturated rings. The summed E-state index contributed by atoms with van der Waals surface area (Å²) in [6.45, 7) is 6.77. The number of halogens is 3. The molecule has 2 atom stereocenters. The van der Waals surface area contributed by atoms with Crippen molar-refractivity contribution in [2.45, 2.75) is 32.4 Å². The fraction of sp³-hybridized carbons (Fsp3) is 0.423. The molecule has 0 saturated carbocycles. The van der Waals surface area contributed by atoms with Gasteiger partial charge in [-0.15, -0.1) is 0 Å². The second kappa shape index (κ2) is 9.93. The quantitative estimate of drug-likeness (QED) is 0.536. The van der Waals surface area contributed by atoms with Gasteiger partial charge in [0.2, 0.25) is 5.91 Å². The van der Waals surface area contributed by atoms with Gasteiger partial charge >= 0.3 is 0 Å². The topological polar surface area (TPSA) is 70.6 Å². The molecule has 0 aliphatic carbocycles. The monoisotopic (exact) mass is 499 g/mol. The molecule has 0 spiro atoms. The lowest BCUT2D eigenvalue weighted by Crippen LogP contribution is -2.56. The van der Waals surface area contributed by atoms with E-state index in [-0.39, 0.29) is 23.4 Å². The molecule has 7 nitrogen and oxygen atoms in total. The first-order valence-electron chi connectivity index (χ1n) is 12.0. The predicted molar refractivity (Wildman–Crippen MR) is 131 cm³/mol. The second-order valence-electron chi connectivity index (χ2n) is 9.44. The van der Waals surface area contributed by atoms with Crippen molar-refractivity contribution in [3.63, 3.8) is 0 Å². The molecule has 10 heteroatoms. The maximum atomic E-state index is 14.7. The highest BCUT2D eigenvalue weighted by Crippen LogP contribution is 2.33. The Bertz CT molecular complexity index is 1270. The van der Waals surface area contributed by atoms with Crippen LogP contribution in [0.1, 0.15) is 37.4 Å². The van der Waals surface area contributed by atoms with E-state index in [0.717, 1.165) is 17.1 Å². The summed E-state index contributed by atoms with van der Waals surface area (Å²) in [5.41, 5.74) is 1.80. The molecule has 1 amide bonds. The van der Waals surface area contributed by atoms with Crippen LogP contribution in [-0.2, 0) is 9.53 Å². The van der Waals surface area contributed by atoms with Crippen LogP contribution in [0, 0.1) is 11.7 Å². The molecule has 2 aliphatic heterocycles. The van der Waals surface area contributed by atoms with E-state index < -0.39 is 23.8 Å². The number of piperazine rings is 1. The Balaban J connectivity index is 1.37. The summed E-state index contributed by atoms with van der Waals surface area (Å²) in [5, 5.41) is 12.3. The molecular formula is C26H28F3N5O2. The van der Waals surface area contributed by atoms with E-state index in [1.54, 1.807) is 13.1 Å². The number of carbonyl (C=O) groups excluding carboxylic acids is 1. The van der Waals surface area contributed by atoms with E-state index in [4.69, 9.17) is 4.74 Å². The van der Waals surface area contributed by atoms with Crippen LogP contribution in [0.4, 0.5) is 24.5 Å². The minimum atomic E-state index is -2.89. The summed E-state index contributed by atoms with van der Waals surface area (Å²) >= 11 is 0. The fourth-order valence-corrected chi connectivity index (χ4v) is 4.90. The van der Waals surface area contributed by atoms with Crippen LogP contribution in [-0.4, -0.2) is 59.9 Å². The molecule has 190 valence electrons. The number of carbonyl (C=O) groups is 1. The van der Waals surface area contributed by atoms with Crippen LogP contribution in [0.15, 0.2) is 42.6 Å². The van der Waals surface area contributed by atoms with Gasteiger partial charge in [-0.3, -0.25) is 4.79 Å². The zero-order valence-corrected chi connectivity index (χ0v) is 20.1. The zero-order valence-electron chi connectivity index (χ0n) is 20.1. The molecule has 1 N–H and O–H groups in total. The van der Waals surface area contributed by atoms with Gasteiger partial charge in [0.25, 0.3) is 6.43 Å². The number of rotatable bonds is 6. The number of fused-ring (bicyclic) bond motifs is 1. The summed E-state index contributed by atoms with van der Waals surface area (Å²) in [7, 11) is 0. The highest BCUT2D eigenvalue weighted by Gasteiger charge is 2.34. The van der Waals surface area contributed by atoms with E-state index in [1.165, 1.54) is 12.1 Å². The average molecular weight is 500 g/mol. The molecule has 0 unspecified atom stereocenters. The van der Waals surface area contributed by atoms with Crippen molar-refractivity contribution in [3.05, 3.63) is 59.5 Å². The Morgan fingerprint density at radius 3 is 2.64 bits per heavy atom. The van der Waals surface area contributed by atoms with Crippen LogP contribution in [0.2, 0.25) is 0 Å². The maximum Gasteiger partial charge on any atom is 0.266 e. The molecule has 3 heterocycles. The average Bonchev–Trinajstić information content (AvgIpc) is 2.82. The Morgan fingerprint density at radius 1 is 1.17 bits per heavy atom. The molecule has 36 heavy (non-hydrogen) atoms. The van der Waals surface area contributed by atoms with Gasteiger partial charge in [0.15, 0.2) is 0 Å². The third-order valence-corrected chi connectivity index (χ3v) is 7.01. The molecule has 0 bridgehead atoms. The molecule has 2 aromatic carbocycles. The largest absolute Gasteiger partial charge is 0.380 e. The van der Waals surface area contributed by atoms with Crippen molar-refractivity contribution in [2.24, 2.45) is 5.92 Å².